The lowest BCUT2D eigenvalue weighted by Gasteiger charge is -2.15. The first kappa shape index (κ1) is 13.1. The third-order valence-electron chi connectivity index (χ3n) is 1.55. The Kier molecular flexibility index (Phi) is 5.16. The molecule has 3 nitrogen and oxygen atoms in total. The van der Waals surface area contributed by atoms with E-state index in [1.165, 1.54) is 0 Å². The molecule has 1 aromatic rings. The number of thioether (sulfide) groups is 1. The second-order valence-corrected chi connectivity index (χ2v) is 7.14. The molecule has 84 valence electrons. The Morgan fingerprint density at radius 3 is 2.67 bits per heavy atom. The second-order valence-electron chi connectivity index (χ2n) is 2.70. The zero-order valence-corrected chi connectivity index (χ0v) is 10.6. The van der Waals surface area contributed by atoms with Crippen LogP contribution < -0.4 is 0 Å². The predicted molar refractivity (Wildman–Crippen MR) is 63.4 cm³/mol. The molecule has 0 radical (unpaired) electrons. The van der Waals surface area contributed by atoms with E-state index in [0.717, 1.165) is 16.7 Å². The van der Waals surface area contributed by atoms with Crippen molar-refractivity contribution in [1.82, 2.24) is 0 Å². The molecule has 1 rings (SSSR count). The van der Waals surface area contributed by atoms with Crippen LogP contribution in [0.1, 0.15) is 6.92 Å². The molecule has 0 saturated heterocycles. The summed E-state index contributed by atoms with van der Waals surface area (Å²) in [5.41, 5.74) is 0. The van der Waals surface area contributed by atoms with Crippen molar-refractivity contribution in [2.45, 2.75) is 16.3 Å². The molecule has 1 N–H and O–H groups in total. The van der Waals surface area contributed by atoms with Crippen molar-refractivity contribution < 1.29 is 14.0 Å². The van der Waals surface area contributed by atoms with Crippen LogP contribution in [0.5, 0.6) is 0 Å². The maximum atomic E-state index is 11.5. The molecule has 0 aromatic heterocycles. The van der Waals surface area contributed by atoms with Crippen LogP contribution in [0.2, 0.25) is 0 Å². The van der Waals surface area contributed by atoms with E-state index in [-0.39, 0.29) is 6.61 Å². The summed E-state index contributed by atoms with van der Waals surface area (Å²) in [5, 5.41) is 0. The quantitative estimate of drug-likeness (QED) is 0.503. The Balaban J connectivity index is 2.63. The summed E-state index contributed by atoms with van der Waals surface area (Å²) in [7, 11) is -3.72. The summed E-state index contributed by atoms with van der Waals surface area (Å²) in [6.07, 6.45) is 0. The minimum atomic E-state index is -3.72. The topological polar surface area (TPSA) is 46.5 Å². The van der Waals surface area contributed by atoms with Crippen LogP contribution in [0.25, 0.3) is 0 Å². The van der Waals surface area contributed by atoms with Gasteiger partial charge in [0.1, 0.15) is 0 Å². The first-order valence-electron chi connectivity index (χ1n) is 4.39. The molecule has 15 heavy (non-hydrogen) atoms. The average molecular weight is 267 g/mol. The van der Waals surface area contributed by atoms with Crippen LogP contribution >= 0.6 is 31.0 Å². The van der Waals surface area contributed by atoms with Gasteiger partial charge in [0.05, 0.1) is 6.61 Å². The lowest BCUT2D eigenvalue weighted by Crippen LogP contribution is -1.99. The summed E-state index contributed by atoms with van der Waals surface area (Å²) < 4.78 is 15.2. The van der Waals surface area contributed by atoms with Gasteiger partial charge in [0, 0.05) is 4.90 Å². The fraction of sp³-hybridized carbons (Fsp3) is 0.333. The number of alkyl halides is 1. The third-order valence-corrected chi connectivity index (χ3v) is 5.55. The first-order valence-corrected chi connectivity index (χ1v) is 7.35. The summed E-state index contributed by atoms with van der Waals surface area (Å²) in [6.45, 7) is 1.83. The van der Waals surface area contributed by atoms with Gasteiger partial charge in [0.15, 0.2) is 4.45 Å². The molecule has 0 saturated carbocycles. The molecule has 0 spiro atoms. The highest BCUT2D eigenvalue weighted by Gasteiger charge is 2.31. The van der Waals surface area contributed by atoms with E-state index in [4.69, 9.17) is 16.1 Å². The van der Waals surface area contributed by atoms with Gasteiger partial charge in [-0.25, -0.2) is 0 Å². The fourth-order valence-corrected chi connectivity index (χ4v) is 3.51. The number of halogens is 1. The smallest absolute Gasteiger partial charge is 0.323 e. The van der Waals surface area contributed by atoms with Crippen molar-refractivity contribution in [3.63, 3.8) is 0 Å². The van der Waals surface area contributed by atoms with Crippen LogP contribution in [0.4, 0.5) is 0 Å². The standard InChI is InChI=1S/C9H12ClO3PS/c1-2-13-14(11,12)9(10)15-8-6-4-3-5-7-8/h3-7,9H,2H2,1H3,(H,11,12). The molecule has 1 aromatic carbocycles. The van der Waals surface area contributed by atoms with Crippen molar-refractivity contribution in [2.75, 3.05) is 6.61 Å². The van der Waals surface area contributed by atoms with E-state index in [1.807, 2.05) is 30.3 Å². The zero-order chi connectivity index (χ0) is 11.3. The van der Waals surface area contributed by atoms with Crippen LogP contribution in [0.3, 0.4) is 0 Å². The molecule has 0 amide bonds. The summed E-state index contributed by atoms with van der Waals surface area (Å²) >= 11 is 6.93. The van der Waals surface area contributed by atoms with Gasteiger partial charge < -0.3 is 9.42 Å². The Bertz CT molecular complexity index is 346. The van der Waals surface area contributed by atoms with Gasteiger partial charge in [-0.05, 0) is 19.1 Å². The molecule has 0 fully saturated rings. The van der Waals surface area contributed by atoms with Crippen molar-refractivity contribution in [3.8, 4) is 0 Å². The molecule has 2 atom stereocenters. The van der Waals surface area contributed by atoms with E-state index < -0.39 is 12.0 Å². The highest BCUT2D eigenvalue weighted by atomic mass is 35.5. The van der Waals surface area contributed by atoms with E-state index >= 15 is 0 Å². The van der Waals surface area contributed by atoms with Crippen LogP contribution in [-0.4, -0.2) is 16.0 Å². The number of hydrogen-bond donors (Lipinski definition) is 1. The molecule has 6 heteroatoms. The summed E-state index contributed by atoms with van der Waals surface area (Å²) in [4.78, 5) is 10.3. The molecule has 0 aliphatic rings. The normalized spacial score (nSPS) is 17.0. The minimum absolute atomic E-state index is 0.173. The van der Waals surface area contributed by atoms with Gasteiger partial charge in [-0.2, -0.15) is 0 Å². The highest BCUT2D eigenvalue weighted by molar-refractivity contribution is 8.07. The lowest BCUT2D eigenvalue weighted by molar-refractivity contribution is 0.276. The molecule has 0 aliphatic carbocycles. The van der Waals surface area contributed by atoms with Crippen molar-refractivity contribution >= 4 is 31.0 Å². The van der Waals surface area contributed by atoms with Gasteiger partial charge >= 0.3 is 7.60 Å². The van der Waals surface area contributed by atoms with Gasteiger partial charge in [-0.1, -0.05) is 41.6 Å². The van der Waals surface area contributed by atoms with Crippen molar-refractivity contribution in [1.29, 1.82) is 0 Å². The Morgan fingerprint density at radius 2 is 2.13 bits per heavy atom. The average Bonchev–Trinajstić information content (AvgIpc) is 2.19. The predicted octanol–water partition coefficient (Wildman–Crippen LogP) is 3.52. The van der Waals surface area contributed by atoms with E-state index in [0.29, 0.717) is 0 Å². The largest absolute Gasteiger partial charge is 0.356 e. The molecule has 2 unspecified atom stereocenters. The zero-order valence-electron chi connectivity index (χ0n) is 8.17. The second kappa shape index (κ2) is 5.92. The maximum absolute atomic E-state index is 11.5. The number of rotatable bonds is 5. The van der Waals surface area contributed by atoms with Gasteiger partial charge in [0.2, 0.25) is 0 Å². The molecular weight excluding hydrogens is 255 g/mol. The highest BCUT2D eigenvalue weighted by Crippen LogP contribution is 2.55. The SMILES string of the molecule is CCOP(=O)(O)C(Cl)Sc1ccccc1. The minimum Gasteiger partial charge on any atom is -0.323 e. The van der Waals surface area contributed by atoms with E-state index in [2.05, 4.69) is 0 Å². The monoisotopic (exact) mass is 266 g/mol. The Morgan fingerprint density at radius 1 is 1.53 bits per heavy atom. The van der Waals surface area contributed by atoms with Crippen LogP contribution in [0, 0.1) is 0 Å². The van der Waals surface area contributed by atoms with Gasteiger partial charge in [0.25, 0.3) is 0 Å². The third kappa shape index (κ3) is 4.17. The Labute approximate surface area is 98.3 Å². The van der Waals surface area contributed by atoms with Gasteiger partial charge in [-0.3, -0.25) is 4.57 Å². The van der Waals surface area contributed by atoms with E-state index in [1.54, 1.807) is 6.92 Å². The summed E-state index contributed by atoms with van der Waals surface area (Å²) in [6, 6.07) is 9.20. The maximum Gasteiger partial charge on any atom is 0.356 e. The summed E-state index contributed by atoms with van der Waals surface area (Å²) in [5.74, 6) is 0. The Hall–Kier alpha value is 0.01000. The number of hydrogen-bond acceptors (Lipinski definition) is 3. The van der Waals surface area contributed by atoms with Crippen molar-refractivity contribution in [2.24, 2.45) is 0 Å². The van der Waals surface area contributed by atoms with Crippen molar-refractivity contribution in [3.05, 3.63) is 30.3 Å². The van der Waals surface area contributed by atoms with Crippen LogP contribution in [-0.2, 0) is 9.09 Å². The molecule has 0 bridgehead atoms. The molecular formula is C9H12ClO3PS. The molecule has 0 heterocycles. The van der Waals surface area contributed by atoms with E-state index in [9.17, 15) is 9.46 Å². The van der Waals surface area contributed by atoms with Gasteiger partial charge in [-0.15, -0.1) is 0 Å². The number of benzene rings is 1. The lowest BCUT2D eigenvalue weighted by atomic mass is 10.4. The molecule has 0 aliphatic heterocycles. The fourth-order valence-electron chi connectivity index (χ4n) is 0.922. The van der Waals surface area contributed by atoms with Crippen LogP contribution in [0.15, 0.2) is 35.2 Å². The first-order chi connectivity index (χ1) is 7.06.